The van der Waals surface area contributed by atoms with Gasteiger partial charge in [0.25, 0.3) is 0 Å². The van der Waals surface area contributed by atoms with Crippen molar-refractivity contribution >= 4 is 5.97 Å². The van der Waals surface area contributed by atoms with Gasteiger partial charge in [-0.2, -0.15) is 0 Å². The van der Waals surface area contributed by atoms with Gasteiger partial charge < -0.3 is 9.84 Å². The zero-order chi connectivity index (χ0) is 11.5. The van der Waals surface area contributed by atoms with Crippen LogP contribution >= 0.6 is 0 Å². The van der Waals surface area contributed by atoms with Crippen molar-refractivity contribution in [2.45, 2.75) is 12.1 Å². The Bertz CT molecular complexity index is 397. The van der Waals surface area contributed by atoms with Crippen LogP contribution in [-0.4, -0.2) is 30.3 Å². The fourth-order valence-electron chi connectivity index (χ4n) is 1.72. The van der Waals surface area contributed by atoms with Gasteiger partial charge in [0.1, 0.15) is 11.9 Å². The molecule has 1 aliphatic heterocycles. The minimum atomic E-state index is -0.985. The molecule has 0 aliphatic carbocycles. The Morgan fingerprint density at radius 2 is 2.19 bits per heavy atom. The summed E-state index contributed by atoms with van der Waals surface area (Å²) >= 11 is 0. The lowest BCUT2D eigenvalue weighted by molar-refractivity contribution is -0.143. The van der Waals surface area contributed by atoms with Gasteiger partial charge in [0.2, 0.25) is 0 Å². The Balaban J connectivity index is 2.16. The maximum absolute atomic E-state index is 13.5. The van der Waals surface area contributed by atoms with Crippen molar-refractivity contribution in [2.24, 2.45) is 0 Å². The van der Waals surface area contributed by atoms with E-state index in [0.29, 0.717) is 5.56 Å². The summed E-state index contributed by atoms with van der Waals surface area (Å²) in [6.45, 7) is 0.394. The van der Waals surface area contributed by atoms with Gasteiger partial charge in [-0.05, 0) is 6.07 Å². The third-order valence-corrected chi connectivity index (χ3v) is 2.55. The molecule has 1 aromatic rings. The van der Waals surface area contributed by atoms with Crippen LogP contribution in [0.5, 0.6) is 0 Å². The van der Waals surface area contributed by atoms with E-state index in [1.54, 1.807) is 18.2 Å². The standard InChI is InChI=1S/C11H12FNO3/c12-8-4-2-1-3-7(8)9-5-16-6-10(13-9)11(14)15/h1-4,9-10,13H,5-6H2,(H,14,15). The molecule has 0 radical (unpaired) electrons. The second-order valence-electron chi connectivity index (χ2n) is 3.67. The lowest BCUT2D eigenvalue weighted by atomic mass is 10.0. The molecule has 1 aromatic carbocycles. The first-order chi connectivity index (χ1) is 7.68. The van der Waals surface area contributed by atoms with E-state index < -0.39 is 18.1 Å². The van der Waals surface area contributed by atoms with Gasteiger partial charge in [-0.3, -0.25) is 10.1 Å². The molecule has 5 heteroatoms. The van der Waals surface area contributed by atoms with E-state index in [4.69, 9.17) is 9.84 Å². The molecule has 0 saturated carbocycles. The number of carbonyl (C=O) groups is 1. The number of hydrogen-bond donors (Lipinski definition) is 2. The average Bonchev–Trinajstić information content (AvgIpc) is 2.30. The highest BCUT2D eigenvalue weighted by molar-refractivity contribution is 5.73. The van der Waals surface area contributed by atoms with E-state index in [9.17, 15) is 9.18 Å². The van der Waals surface area contributed by atoms with E-state index >= 15 is 0 Å². The summed E-state index contributed by atoms with van der Waals surface area (Å²) in [4.78, 5) is 10.8. The molecule has 0 spiro atoms. The quantitative estimate of drug-likeness (QED) is 0.786. The van der Waals surface area contributed by atoms with Gasteiger partial charge in [-0.1, -0.05) is 18.2 Å². The van der Waals surface area contributed by atoms with Crippen LogP contribution < -0.4 is 5.32 Å². The summed E-state index contributed by atoms with van der Waals surface area (Å²) in [5.41, 5.74) is 0.438. The molecule has 4 nitrogen and oxygen atoms in total. The maximum atomic E-state index is 13.5. The molecule has 16 heavy (non-hydrogen) atoms. The number of rotatable bonds is 2. The second kappa shape index (κ2) is 4.59. The highest BCUT2D eigenvalue weighted by atomic mass is 19.1. The molecule has 1 aliphatic rings. The summed E-state index contributed by atoms with van der Waals surface area (Å²) in [6, 6.07) is 5.10. The lowest BCUT2D eigenvalue weighted by Crippen LogP contribution is -2.48. The zero-order valence-corrected chi connectivity index (χ0v) is 8.52. The Hall–Kier alpha value is -1.46. The van der Waals surface area contributed by atoms with E-state index in [1.807, 2.05) is 0 Å². The summed E-state index contributed by atoms with van der Waals surface area (Å²) in [5.74, 6) is -1.34. The molecule has 2 rings (SSSR count). The number of ether oxygens (including phenoxy) is 1. The largest absolute Gasteiger partial charge is 0.480 e. The predicted molar refractivity (Wildman–Crippen MR) is 54.5 cm³/mol. The average molecular weight is 225 g/mol. The maximum Gasteiger partial charge on any atom is 0.323 e. The van der Waals surface area contributed by atoms with Gasteiger partial charge in [-0.15, -0.1) is 0 Å². The first-order valence-corrected chi connectivity index (χ1v) is 4.99. The first kappa shape index (κ1) is 11.0. The van der Waals surface area contributed by atoms with Crippen molar-refractivity contribution in [3.05, 3.63) is 35.6 Å². The van der Waals surface area contributed by atoms with Crippen molar-refractivity contribution in [2.75, 3.05) is 13.2 Å². The highest BCUT2D eigenvalue weighted by Crippen LogP contribution is 2.20. The number of nitrogens with one attached hydrogen (secondary N) is 1. The van der Waals surface area contributed by atoms with E-state index in [1.165, 1.54) is 6.07 Å². The van der Waals surface area contributed by atoms with E-state index in [2.05, 4.69) is 5.32 Å². The minimum absolute atomic E-state index is 0.111. The fourth-order valence-corrected chi connectivity index (χ4v) is 1.72. The van der Waals surface area contributed by atoms with Gasteiger partial charge in [0.15, 0.2) is 0 Å². The number of hydrogen-bond acceptors (Lipinski definition) is 3. The molecule has 2 atom stereocenters. The molecule has 2 N–H and O–H groups in total. The molecule has 1 fully saturated rings. The van der Waals surface area contributed by atoms with E-state index in [-0.39, 0.29) is 19.0 Å². The molecule has 0 amide bonds. The molecule has 2 unspecified atom stereocenters. The van der Waals surface area contributed by atoms with Gasteiger partial charge in [0.05, 0.1) is 19.3 Å². The number of carboxylic acid groups (broad SMARTS) is 1. The monoisotopic (exact) mass is 225 g/mol. The number of benzene rings is 1. The summed E-state index contributed by atoms with van der Waals surface area (Å²) in [5, 5.41) is 11.7. The van der Waals surface area contributed by atoms with Crippen molar-refractivity contribution in [1.82, 2.24) is 5.32 Å². The topological polar surface area (TPSA) is 58.6 Å². The first-order valence-electron chi connectivity index (χ1n) is 4.99. The Morgan fingerprint density at radius 1 is 1.44 bits per heavy atom. The van der Waals surface area contributed by atoms with Gasteiger partial charge >= 0.3 is 5.97 Å². The molecule has 0 bridgehead atoms. The van der Waals surface area contributed by atoms with Crippen LogP contribution in [0.25, 0.3) is 0 Å². The van der Waals surface area contributed by atoms with Gasteiger partial charge in [0, 0.05) is 5.56 Å². The molecule has 86 valence electrons. The predicted octanol–water partition coefficient (Wildman–Crippen LogP) is 0.940. The molecule has 1 heterocycles. The summed E-state index contributed by atoms with van der Waals surface area (Å²) in [7, 11) is 0. The smallest absolute Gasteiger partial charge is 0.323 e. The summed E-state index contributed by atoms with van der Waals surface area (Å²) in [6.07, 6.45) is 0. The number of aliphatic carboxylic acids is 1. The van der Waals surface area contributed by atoms with Crippen LogP contribution in [0.2, 0.25) is 0 Å². The number of morpholine rings is 1. The fraction of sp³-hybridized carbons (Fsp3) is 0.364. The van der Waals surface area contributed by atoms with Crippen LogP contribution in [0.3, 0.4) is 0 Å². The summed E-state index contributed by atoms with van der Waals surface area (Å²) < 4.78 is 18.6. The lowest BCUT2D eigenvalue weighted by Gasteiger charge is -2.29. The van der Waals surface area contributed by atoms with Crippen LogP contribution in [0.1, 0.15) is 11.6 Å². The van der Waals surface area contributed by atoms with Gasteiger partial charge in [-0.25, -0.2) is 4.39 Å². The minimum Gasteiger partial charge on any atom is -0.480 e. The Kier molecular flexibility index (Phi) is 3.17. The number of carboxylic acids is 1. The third kappa shape index (κ3) is 2.20. The molecule has 0 aromatic heterocycles. The van der Waals surface area contributed by atoms with Crippen molar-refractivity contribution < 1.29 is 19.0 Å². The van der Waals surface area contributed by atoms with Crippen molar-refractivity contribution in [3.8, 4) is 0 Å². The van der Waals surface area contributed by atoms with Crippen LogP contribution in [0.15, 0.2) is 24.3 Å². The van der Waals surface area contributed by atoms with E-state index in [0.717, 1.165) is 0 Å². The number of halogens is 1. The van der Waals surface area contributed by atoms with Crippen LogP contribution in [0, 0.1) is 5.82 Å². The third-order valence-electron chi connectivity index (χ3n) is 2.55. The van der Waals surface area contributed by atoms with Crippen molar-refractivity contribution in [3.63, 3.8) is 0 Å². The SMILES string of the molecule is O=C(O)C1COCC(c2ccccc2F)N1. The highest BCUT2D eigenvalue weighted by Gasteiger charge is 2.28. The normalized spacial score (nSPS) is 25.3. The second-order valence-corrected chi connectivity index (χ2v) is 3.67. The Labute approximate surface area is 92.0 Å². The Morgan fingerprint density at radius 3 is 2.88 bits per heavy atom. The molecular formula is C11H12FNO3. The van der Waals surface area contributed by atoms with Crippen LogP contribution in [-0.2, 0) is 9.53 Å². The zero-order valence-electron chi connectivity index (χ0n) is 8.52. The molecule has 1 saturated heterocycles. The molecular weight excluding hydrogens is 213 g/mol. The van der Waals surface area contributed by atoms with Crippen molar-refractivity contribution in [1.29, 1.82) is 0 Å². The van der Waals surface area contributed by atoms with Crippen LogP contribution in [0.4, 0.5) is 4.39 Å².